The fraction of sp³-hybridized carbons (Fsp3) is 0.522. The van der Waals surface area contributed by atoms with Crippen molar-refractivity contribution in [3.8, 4) is 5.75 Å². The van der Waals surface area contributed by atoms with E-state index in [9.17, 15) is 0 Å². The van der Waals surface area contributed by atoms with E-state index in [4.69, 9.17) is 15.2 Å². The monoisotopic (exact) mass is 454 g/mol. The Kier molecular flexibility index (Phi) is 8.94. The van der Waals surface area contributed by atoms with Gasteiger partial charge in [-0.3, -0.25) is 0 Å². The van der Waals surface area contributed by atoms with Crippen molar-refractivity contribution in [2.45, 2.75) is 58.4 Å². The molecule has 0 bridgehead atoms. The lowest BCUT2D eigenvalue weighted by molar-refractivity contribution is 0.188. The van der Waals surface area contributed by atoms with Gasteiger partial charge in [-0.1, -0.05) is 37.1 Å². The van der Waals surface area contributed by atoms with Crippen LogP contribution in [0.15, 0.2) is 18.2 Å². The van der Waals surface area contributed by atoms with Crippen molar-refractivity contribution in [1.82, 2.24) is 30.6 Å². The van der Waals surface area contributed by atoms with Crippen LogP contribution in [0.25, 0.3) is 0 Å². The maximum Gasteiger partial charge on any atom is 0.222 e. The number of H-pyrrole nitrogens is 1. The number of anilines is 2. The third-order valence-corrected chi connectivity index (χ3v) is 5.61. The Morgan fingerprint density at radius 3 is 2.70 bits per heavy atom. The van der Waals surface area contributed by atoms with Crippen molar-refractivity contribution in [1.29, 1.82) is 0 Å². The Balaban J connectivity index is 1.90. The SMILES string of the molecule is CCCCC(CCOC)Nc1nc(N)nc(C)c1Cc1cc(Cc2nn[nH]n2)ccc1OC. The molecule has 0 aliphatic carbocycles. The summed E-state index contributed by atoms with van der Waals surface area (Å²) >= 11 is 0. The summed E-state index contributed by atoms with van der Waals surface area (Å²) in [7, 11) is 3.40. The molecule has 10 nitrogen and oxygen atoms in total. The molecule has 33 heavy (non-hydrogen) atoms. The van der Waals surface area contributed by atoms with Crippen molar-refractivity contribution in [2.24, 2.45) is 0 Å². The standard InChI is InChI=1S/C23H34N8O2/c1-5-6-7-18(10-11-32-3)26-22-19(15(2)25-23(24)27-22)14-17-12-16(8-9-20(17)33-4)13-21-28-30-31-29-21/h8-9,12,18H,5-7,10-11,13-14H2,1-4H3,(H3,24,25,26,27)(H,28,29,30,31). The lowest BCUT2D eigenvalue weighted by Gasteiger charge is -2.22. The zero-order valence-electron chi connectivity index (χ0n) is 19.9. The van der Waals surface area contributed by atoms with Gasteiger partial charge in [-0.15, -0.1) is 10.2 Å². The molecular weight excluding hydrogens is 420 g/mol. The molecule has 0 aliphatic rings. The quantitative estimate of drug-likeness (QED) is 0.356. The second kappa shape index (κ2) is 12.1. The second-order valence-electron chi connectivity index (χ2n) is 8.09. The number of nitrogens with two attached hydrogens (primary N) is 1. The van der Waals surface area contributed by atoms with E-state index < -0.39 is 0 Å². The maximum absolute atomic E-state index is 6.02. The van der Waals surface area contributed by atoms with Gasteiger partial charge < -0.3 is 20.5 Å². The number of aryl methyl sites for hydroxylation is 1. The minimum absolute atomic E-state index is 0.240. The van der Waals surface area contributed by atoms with Gasteiger partial charge in [-0.25, -0.2) is 4.98 Å². The van der Waals surface area contributed by atoms with Crippen molar-refractivity contribution >= 4 is 11.8 Å². The number of hydrogen-bond donors (Lipinski definition) is 3. The van der Waals surface area contributed by atoms with E-state index in [-0.39, 0.29) is 12.0 Å². The highest BCUT2D eigenvalue weighted by Crippen LogP contribution is 2.29. The molecule has 4 N–H and O–H groups in total. The Morgan fingerprint density at radius 1 is 1.15 bits per heavy atom. The molecule has 1 aromatic carbocycles. The van der Waals surface area contributed by atoms with Crippen LogP contribution in [0, 0.1) is 6.92 Å². The summed E-state index contributed by atoms with van der Waals surface area (Å²) in [6.45, 7) is 4.84. The van der Waals surface area contributed by atoms with Gasteiger partial charge >= 0.3 is 0 Å². The van der Waals surface area contributed by atoms with Gasteiger partial charge in [0, 0.05) is 43.9 Å². The number of nitrogens with one attached hydrogen (secondary N) is 2. The summed E-state index contributed by atoms with van der Waals surface area (Å²) < 4.78 is 11.0. The molecule has 3 rings (SSSR count). The molecule has 0 aliphatic heterocycles. The third kappa shape index (κ3) is 6.85. The molecule has 0 saturated carbocycles. The van der Waals surface area contributed by atoms with Crippen LogP contribution < -0.4 is 15.8 Å². The summed E-state index contributed by atoms with van der Waals surface area (Å²) in [5, 5.41) is 17.9. The molecule has 0 saturated heterocycles. The molecule has 178 valence electrons. The number of rotatable bonds is 13. The van der Waals surface area contributed by atoms with Gasteiger partial charge in [0.2, 0.25) is 5.95 Å². The predicted molar refractivity (Wildman–Crippen MR) is 127 cm³/mol. The van der Waals surface area contributed by atoms with Crippen LogP contribution in [-0.4, -0.2) is 57.5 Å². The minimum atomic E-state index is 0.240. The molecule has 0 fully saturated rings. The molecule has 10 heteroatoms. The van der Waals surface area contributed by atoms with Crippen LogP contribution in [0.2, 0.25) is 0 Å². The van der Waals surface area contributed by atoms with Crippen LogP contribution in [0.4, 0.5) is 11.8 Å². The Bertz CT molecular complexity index is 1000. The van der Waals surface area contributed by atoms with Crippen molar-refractivity contribution in [3.63, 3.8) is 0 Å². The molecule has 0 spiro atoms. The van der Waals surface area contributed by atoms with E-state index in [2.05, 4.69) is 48.9 Å². The third-order valence-electron chi connectivity index (χ3n) is 5.61. The van der Waals surface area contributed by atoms with Crippen LogP contribution in [0.3, 0.4) is 0 Å². The molecule has 0 amide bonds. The van der Waals surface area contributed by atoms with Gasteiger partial charge in [0.25, 0.3) is 0 Å². The van der Waals surface area contributed by atoms with Crippen LogP contribution in [-0.2, 0) is 17.6 Å². The van der Waals surface area contributed by atoms with E-state index in [1.807, 2.05) is 19.1 Å². The fourth-order valence-electron chi connectivity index (χ4n) is 3.85. The van der Waals surface area contributed by atoms with Crippen LogP contribution >= 0.6 is 0 Å². The van der Waals surface area contributed by atoms with E-state index in [1.54, 1.807) is 14.2 Å². The van der Waals surface area contributed by atoms with Crippen LogP contribution in [0.1, 0.15) is 60.8 Å². The zero-order chi connectivity index (χ0) is 23.6. The summed E-state index contributed by atoms with van der Waals surface area (Å²) in [6.07, 6.45) is 5.36. The van der Waals surface area contributed by atoms with Gasteiger partial charge in [-0.05, 0) is 37.0 Å². The molecule has 2 heterocycles. The summed E-state index contributed by atoms with van der Waals surface area (Å²) in [4.78, 5) is 9.00. The first-order chi connectivity index (χ1) is 16.0. The molecule has 3 aromatic rings. The first kappa shape index (κ1) is 24.4. The molecular formula is C23H34N8O2. The summed E-state index contributed by atoms with van der Waals surface area (Å²) in [5.41, 5.74) is 9.96. The number of methoxy groups -OCH3 is 2. The topological polar surface area (TPSA) is 137 Å². The summed E-state index contributed by atoms with van der Waals surface area (Å²) in [5.74, 6) is 2.47. The fourth-order valence-corrected chi connectivity index (χ4v) is 3.85. The van der Waals surface area contributed by atoms with Crippen molar-refractivity contribution < 1.29 is 9.47 Å². The highest BCUT2D eigenvalue weighted by atomic mass is 16.5. The van der Waals surface area contributed by atoms with Gasteiger partial charge in [0.1, 0.15) is 11.6 Å². The van der Waals surface area contributed by atoms with E-state index in [0.29, 0.717) is 25.3 Å². The average Bonchev–Trinajstić information content (AvgIpc) is 3.31. The van der Waals surface area contributed by atoms with E-state index in [0.717, 1.165) is 59.6 Å². The molecule has 1 unspecified atom stereocenters. The Morgan fingerprint density at radius 2 is 2.00 bits per heavy atom. The number of ether oxygens (including phenoxy) is 2. The predicted octanol–water partition coefficient (Wildman–Crippen LogP) is 3.08. The zero-order valence-corrected chi connectivity index (χ0v) is 19.9. The first-order valence-electron chi connectivity index (χ1n) is 11.3. The Labute approximate surface area is 194 Å². The number of aromatic nitrogens is 6. The number of aromatic amines is 1. The Hall–Kier alpha value is -3.27. The molecule has 2 aromatic heterocycles. The van der Waals surface area contributed by atoms with Crippen molar-refractivity contribution in [2.75, 3.05) is 31.9 Å². The second-order valence-corrected chi connectivity index (χ2v) is 8.09. The van der Waals surface area contributed by atoms with Crippen LogP contribution in [0.5, 0.6) is 5.75 Å². The number of nitrogen functional groups attached to an aromatic ring is 1. The van der Waals surface area contributed by atoms with E-state index >= 15 is 0 Å². The number of tetrazole rings is 1. The minimum Gasteiger partial charge on any atom is -0.496 e. The van der Waals surface area contributed by atoms with Gasteiger partial charge in [-0.2, -0.15) is 10.2 Å². The highest BCUT2D eigenvalue weighted by molar-refractivity contribution is 5.54. The summed E-state index contributed by atoms with van der Waals surface area (Å²) in [6, 6.07) is 6.32. The largest absolute Gasteiger partial charge is 0.496 e. The van der Waals surface area contributed by atoms with Gasteiger partial charge in [0.05, 0.1) is 7.11 Å². The first-order valence-corrected chi connectivity index (χ1v) is 11.3. The lowest BCUT2D eigenvalue weighted by atomic mass is 9.99. The number of unbranched alkanes of at least 4 members (excludes halogenated alkanes) is 1. The average molecular weight is 455 g/mol. The normalized spacial score (nSPS) is 12.0. The van der Waals surface area contributed by atoms with Crippen molar-refractivity contribution in [3.05, 3.63) is 46.4 Å². The molecule has 1 atom stereocenters. The maximum atomic E-state index is 6.02. The number of hydrogen-bond acceptors (Lipinski definition) is 9. The van der Waals surface area contributed by atoms with E-state index in [1.165, 1.54) is 0 Å². The smallest absolute Gasteiger partial charge is 0.222 e. The number of nitrogens with zero attached hydrogens (tertiary/aromatic N) is 5. The highest BCUT2D eigenvalue weighted by Gasteiger charge is 2.18. The van der Waals surface area contributed by atoms with Gasteiger partial charge in [0.15, 0.2) is 5.82 Å². The molecule has 0 radical (unpaired) electrons. The lowest BCUT2D eigenvalue weighted by Crippen LogP contribution is -2.24. The number of benzene rings is 1.